The maximum atomic E-state index is 4.93. The summed E-state index contributed by atoms with van der Waals surface area (Å²) in [6.45, 7) is 1.51. The van der Waals surface area contributed by atoms with Gasteiger partial charge in [0.1, 0.15) is 11.6 Å². The third-order valence-electron chi connectivity index (χ3n) is 3.72. The number of nitrogens with zero attached hydrogens (tertiary/aromatic N) is 3. The molecule has 2 N–H and O–H groups in total. The molecule has 2 aromatic carbocycles. The van der Waals surface area contributed by atoms with E-state index in [1.165, 1.54) is 0 Å². The fourth-order valence-corrected chi connectivity index (χ4v) is 2.73. The Morgan fingerprint density at radius 1 is 0.808 bits per heavy atom. The Morgan fingerprint density at radius 3 is 1.58 bits per heavy atom. The van der Waals surface area contributed by atoms with Crippen molar-refractivity contribution in [2.45, 2.75) is 13.1 Å². The molecule has 4 aromatic rings. The van der Waals surface area contributed by atoms with Gasteiger partial charge in [0.15, 0.2) is 0 Å². The second-order valence-electron chi connectivity index (χ2n) is 5.75. The topological polar surface area (TPSA) is 60.6 Å². The maximum absolute atomic E-state index is 4.93. The summed E-state index contributed by atoms with van der Waals surface area (Å²) in [7, 11) is 16.9. The molecule has 0 atom stereocenters. The minimum atomic E-state index is -1.62. The molecular formula is C17H17Cl3CrN5+. The SMILES string of the molecule is CN(Cc1nc2ccccc2[nH]1)Cc1nc2ccccc2[nH]1.[Cl][Cr+]([Cl])[Cl]. The van der Waals surface area contributed by atoms with Gasteiger partial charge in [-0.1, -0.05) is 24.3 Å². The van der Waals surface area contributed by atoms with Gasteiger partial charge in [0.2, 0.25) is 0 Å². The molecule has 0 aliphatic carbocycles. The van der Waals surface area contributed by atoms with Gasteiger partial charge in [0.05, 0.1) is 35.2 Å². The first kappa shape index (κ1) is 19.5. The van der Waals surface area contributed by atoms with Crippen LogP contribution in [0.3, 0.4) is 0 Å². The van der Waals surface area contributed by atoms with Gasteiger partial charge >= 0.3 is 41.5 Å². The summed E-state index contributed by atoms with van der Waals surface area (Å²) in [4.78, 5) is 18.1. The van der Waals surface area contributed by atoms with Crippen molar-refractivity contribution in [1.29, 1.82) is 0 Å². The first-order valence-electron chi connectivity index (χ1n) is 7.80. The molecule has 0 bridgehead atoms. The number of benzene rings is 2. The van der Waals surface area contributed by atoms with E-state index in [1.54, 1.807) is 0 Å². The van der Waals surface area contributed by atoms with Gasteiger partial charge in [0, 0.05) is 0 Å². The number of aromatic nitrogens is 4. The summed E-state index contributed by atoms with van der Waals surface area (Å²) in [6, 6.07) is 16.2. The molecule has 9 heteroatoms. The Kier molecular flexibility index (Phi) is 6.82. The van der Waals surface area contributed by atoms with E-state index in [4.69, 9.17) is 30.1 Å². The number of halogens is 3. The van der Waals surface area contributed by atoms with Crippen LogP contribution in [-0.2, 0) is 24.5 Å². The molecule has 0 aliphatic rings. The predicted molar refractivity (Wildman–Crippen MR) is 105 cm³/mol. The predicted octanol–water partition coefficient (Wildman–Crippen LogP) is 5.14. The molecule has 0 saturated heterocycles. The molecular weight excluding hydrogens is 433 g/mol. The van der Waals surface area contributed by atoms with Crippen LogP contribution in [0.4, 0.5) is 0 Å². The van der Waals surface area contributed by atoms with Crippen LogP contribution in [0.2, 0.25) is 0 Å². The molecule has 4 rings (SSSR count). The standard InChI is InChI=1S/C17H17N5.3ClH.Cr/c1-22(10-16-18-12-6-2-3-7-13(12)19-16)11-17-20-14-8-4-5-9-15(14)21-17;;;;/h2-9H,10-11H2,1H3,(H,18,19)(H,20,21);3*1H;/q;;;;+4/p-3. The van der Waals surface area contributed by atoms with E-state index in [-0.39, 0.29) is 0 Å². The number of rotatable bonds is 4. The van der Waals surface area contributed by atoms with Gasteiger partial charge in [-0.15, -0.1) is 0 Å². The molecule has 26 heavy (non-hydrogen) atoms. The molecule has 0 spiro atoms. The molecule has 2 aromatic heterocycles. The molecule has 0 aliphatic heterocycles. The van der Waals surface area contributed by atoms with Crippen molar-refractivity contribution >= 4 is 52.2 Å². The van der Waals surface area contributed by atoms with E-state index in [1.807, 2.05) is 48.5 Å². The second-order valence-corrected chi connectivity index (χ2v) is 12.1. The van der Waals surface area contributed by atoms with Gasteiger partial charge in [-0.3, -0.25) is 4.90 Å². The molecule has 136 valence electrons. The summed E-state index contributed by atoms with van der Waals surface area (Å²) in [5.41, 5.74) is 4.17. The van der Waals surface area contributed by atoms with Crippen molar-refractivity contribution in [3.05, 3.63) is 60.2 Å². The zero-order valence-electron chi connectivity index (χ0n) is 13.9. The monoisotopic (exact) mass is 448 g/mol. The summed E-state index contributed by atoms with van der Waals surface area (Å²) in [5, 5.41) is 0. The Balaban J connectivity index is 0.000000447. The average Bonchev–Trinajstić information content (AvgIpc) is 3.16. The van der Waals surface area contributed by atoms with Crippen LogP contribution in [0.25, 0.3) is 22.1 Å². The molecule has 5 nitrogen and oxygen atoms in total. The van der Waals surface area contributed by atoms with Crippen molar-refractivity contribution < 1.29 is 11.4 Å². The Hall–Kier alpha value is -1.26. The number of aromatic amines is 2. The number of fused-ring (bicyclic) bond motifs is 2. The van der Waals surface area contributed by atoms with Crippen LogP contribution < -0.4 is 0 Å². The van der Waals surface area contributed by atoms with Crippen LogP contribution >= 0.6 is 30.1 Å². The van der Waals surface area contributed by atoms with Gasteiger partial charge < -0.3 is 9.97 Å². The van der Waals surface area contributed by atoms with Gasteiger partial charge in [-0.2, -0.15) is 0 Å². The quantitative estimate of drug-likeness (QED) is 0.454. The van der Waals surface area contributed by atoms with Crippen LogP contribution in [0.5, 0.6) is 0 Å². The normalized spacial score (nSPS) is 11.3. The fourth-order valence-electron chi connectivity index (χ4n) is 2.73. The Morgan fingerprint density at radius 2 is 1.19 bits per heavy atom. The summed E-state index contributed by atoms with van der Waals surface area (Å²) in [6.07, 6.45) is 0. The Labute approximate surface area is 168 Å². The zero-order chi connectivity index (χ0) is 18.5. The molecule has 0 saturated carbocycles. The van der Waals surface area contributed by atoms with Crippen LogP contribution in [0.15, 0.2) is 48.5 Å². The number of nitrogens with one attached hydrogen (secondary N) is 2. The van der Waals surface area contributed by atoms with Crippen LogP contribution in [0, 0.1) is 0 Å². The number of imidazole rings is 2. The third kappa shape index (κ3) is 5.37. The number of hydrogen-bond acceptors (Lipinski definition) is 3. The van der Waals surface area contributed by atoms with Crippen molar-refractivity contribution in [3.8, 4) is 0 Å². The van der Waals surface area contributed by atoms with Crippen LogP contribution in [-0.4, -0.2) is 31.9 Å². The molecule has 0 radical (unpaired) electrons. The van der Waals surface area contributed by atoms with E-state index in [9.17, 15) is 0 Å². The van der Waals surface area contributed by atoms with Crippen molar-refractivity contribution in [3.63, 3.8) is 0 Å². The van der Waals surface area contributed by atoms with Gasteiger partial charge in [-0.05, 0) is 31.3 Å². The first-order valence-corrected chi connectivity index (χ1v) is 13.1. The van der Waals surface area contributed by atoms with Crippen molar-refractivity contribution in [2.24, 2.45) is 0 Å². The molecule has 0 unspecified atom stereocenters. The van der Waals surface area contributed by atoms with Crippen molar-refractivity contribution in [1.82, 2.24) is 24.8 Å². The van der Waals surface area contributed by atoms with Gasteiger partial charge in [-0.25, -0.2) is 9.97 Å². The summed E-state index contributed by atoms with van der Waals surface area (Å²) < 4.78 is 0. The molecule has 0 amide bonds. The van der Waals surface area contributed by atoms with E-state index < -0.39 is 11.4 Å². The van der Waals surface area contributed by atoms with E-state index in [2.05, 4.69) is 31.9 Å². The average molecular weight is 450 g/mol. The van der Waals surface area contributed by atoms with Gasteiger partial charge in [0.25, 0.3) is 0 Å². The van der Waals surface area contributed by atoms with E-state index in [0.29, 0.717) is 0 Å². The van der Waals surface area contributed by atoms with E-state index >= 15 is 0 Å². The van der Waals surface area contributed by atoms with Crippen molar-refractivity contribution in [2.75, 3.05) is 7.05 Å². The molecule has 0 fully saturated rings. The number of hydrogen-bond donors (Lipinski definition) is 2. The second kappa shape index (κ2) is 9.10. The number of H-pyrrole nitrogens is 2. The Bertz CT molecular complexity index is 840. The zero-order valence-corrected chi connectivity index (χ0v) is 17.5. The van der Waals surface area contributed by atoms with E-state index in [0.717, 1.165) is 46.8 Å². The fraction of sp³-hybridized carbons (Fsp3) is 0.176. The summed E-state index contributed by atoms with van der Waals surface area (Å²) in [5.74, 6) is 1.94. The summed E-state index contributed by atoms with van der Waals surface area (Å²) >= 11 is -1.62. The van der Waals surface area contributed by atoms with Crippen LogP contribution in [0.1, 0.15) is 11.6 Å². The first-order chi connectivity index (χ1) is 12.5. The number of para-hydroxylation sites is 4. The minimum absolute atomic E-state index is 0.756. The molecule has 2 heterocycles. The third-order valence-corrected chi connectivity index (χ3v) is 3.72.